The zero-order chi connectivity index (χ0) is 21.5. The molecule has 154 valence electrons. The lowest BCUT2D eigenvalue weighted by atomic mass is 10.2. The van der Waals surface area contributed by atoms with E-state index in [4.69, 9.17) is 4.42 Å². The van der Waals surface area contributed by atoms with E-state index in [2.05, 4.69) is 95.6 Å². The summed E-state index contributed by atoms with van der Waals surface area (Å²) >= 11 is 0. The summed E-state index contributed by atoms with van der Waals surface area (Å²) in [6.07, 6.45) is 0. The highest BCUT2D eigenvalue weighted by Crippen LogP contribution is 2.27. The van der Waals surface area contributed by atoms with Crippen molar-refractivity contribution in [1.82, 2.24) is 19.3 Å². The summed E-state index contributed by atoms with van der Waals surface area (Å²) in [6.45, 7) is 8.43. The van der Waals surface area contributed by atoms with Gasteiger partial charge in [0.15, 0.2) is 0 Å². The Morgan fingerprint density at radius 1 is 0.484 bits per heavy atom. The fraction of sp³-hybridized carbons (Fsp3) is 0.154. The average molecular weight is 409 g/mol. The van der Waals surface area contributed by atoms with Gasteiger partial charge >= 0.3 is 0 Å². The van der Waals surface area contributed by atoms with Crippen molar-refractivity contribution in [3.63, 3.8) is 0 Å². The highest BCUT2D eigenvalue weighted by atomic mass is 16.4. The third kappa shape index (κ3) is 3.38. The zero-order valence-corrected chi connectivity index (χ0v) is 18.1. The molecule has 3 aromatic heterocycles. The Kier molecular flexibility index (Phi) is 4.59. The van der Waals surface area contributed by atoms with Crippen molar-refractivity contribution >= 4 is 0 Å². The van der Waals surface area contributed by atoms with E-state index in [9.17, 15) is 0 Å². The third-order valence-corrected chi connectivity index (χ3v) is 5.71. The summed E-state index contributed by atoms with van der Waals surface area (Å²) in [4.78, 5) is 0. The first-order chi connectivity index (χ1) is 15.0. The molecule has 5 nitrogen and oxygen atoms in total. The number of rotatable bonds is 4. The Morgan fingerprint density at radius 2 is 0.806 bits per heavy atom. The van der Waals surface area contributed by atoms with Gasteiger partial charge in [0, 0.05) is 45.3 Å². The smallest absolute Gasteiger partial charge is 0.248 e. The Morgan fingerprint density at radius 3 is 1.13 bits per heavy atom. The number of hydrogen-bond donors (Lipinski definition) is 0. The number of nitrogens with zero attached hydrogens (tertiary/aromatic N) is 4. The molecule has 5 rings (SSSR count). The SMILES string of the molecule is Cc1ccc(C)n1-c1ccc(-c2nnc(-c3ccc(-n4c(C)ccc4C)cc3)o2)cc1. The summed E-state index contributed by atoms with van der Waals surface area (Å²) in [5, 5.41) is 8.52. The maximum atomic E-state index is 5.98. The van der Waals surface area contributed by atoms with Gasteiger partial charge in [0.05, 0.1) is 0 Å². The lowest BCUT2D eigenvalue weighted by Gasteiger charge is -2.09. The molecule has 31 heavy (non-hydrogen) atoms. The lowest BCUT2D eigenvalue weighted by molar-refractivity contribution is 0.584. The minimum absolute atomic E-state index is 0.517. The molecular weight excluding hydrogens is 384 g/mol. The monoisotopic (exact) mass is 408 g/mol. The van der Waals surface area contributed by atoms with E-state index in [1.165, 1.54) is 22.8 Å². The minimum Gasteiger partial charge on any atom is -0.416 e. The topological polar surface area (TPSA) is 48.8 Å². The van der Waals surface area contributed by atoms with Crippen LogP contribution >= 0.6 is 0 Å². The number of hydrogen-bond acceptors (Lipinski definition) is 3. The third-order valence-electron chi connectivity index (χ3n) is 5.71. The second kappa shape index (κ2) is 7.43. The van der Waals surface area contributed by atoms with Crippen molar-refractivity contribution in [2.45, 2.75) is 27.7 Å². The maximum Gasteiger partial charge on any atom is 0.248 e. The first-order valence-electron chi connectivity index (χ1n) is 10.4. The van der Waals surface area contributed by atoms with E-state index in [0.717, 1.165) is 22.5 Å². The van der Waals surface area contributed by atoms with E-state index < -0.39 is 0 Å². The fourth-order valence-corrected chi connectivity index (χ4v) is 4.11. The molecule has 0 bridgehead atoms. The number of aromatic nitrogens is 4. The van der Waals surface area contributed by atoms with E-state index in [1.54, 1.807) is 0 Å². The average Bonchev–Trinajstić information content (AvgIpc) is 3.48. The van der Waals surface area contributed by atoms with E-state index in [1.807, 2.05) is 24.3 Å². The molecule has 5 aromatic rings. The van der Waals surface area contributed by atoms with Crippen LogP contribution in [0.2, 0.25) is 0 Å². The van der Waals surface area contributed by atoms with Gasteiger partial charge in [-0.3, -0.25) is 0 Å². The molecule has 0 aliphatic rings. The number of benzene rings is 2. The number of aryl methyl sites for hydroxylation is 4. The molecule has 0 aliphatic carbocycles. The van der Waals surface area contributed by atoms with E-state index >= 15 is 0 Å². The van der Waals surface area contributed by atoms with E-state index in [-0.39, 0.29) is 0 Å². The lowest BCUT2D eigenvalue weighted by Crippen LogP contribution is -1.98. The highest BCUT2D eigenvalue weighted by molar-refractivity contribution is 5.60. The Bertz CT molecular complexity index is 1210. The Hall–Kier alpha value is -3.86. The summed E-state index contributed by atoms with van der Waals surface area (Å²) in [6, 6.07) is 24.9. The second-order valence-electron chi connectivity index (χ2n) is 7.91. The molecule has 0 atom stereocenters. The Labute approximate surface area is 181 Å². The molecule has 0 fully saturated rings. The largest absolute Gasteiger partial charge is 0.416 e. The van der Waals surface area contributed by atoms with Gasteiger partial charge in [-0.05, 0) is 100 Å². The zero-order valence-electron chi connectivity index (χ0n) is 18.1. The summed E-state index contributed by atoms with van der Waals surface area (Å²) in [7, 11) is 0. The standard InChI is InChI=1S/C26H24N4O/c1-17-5-6-18(2)29(17)23-13-9-21(10-14-23)25-27-28-26(31-25)22-11-15-24(16-12-22)30-19(3)7-8-20(30)4/h5-16H,1-4H3. The van der Waals surface area contributed by atoms with Crippen LogP contribution in [0.15, 0.2) is 77.2 Å². The van der Waals surface area contributed by atoms with Crippen LogP contribution in [0.5, 0.6) is 0 Å². The van der Waals surface area contributed by atoms with Crippen LogP contribution in [0.3, 0.4) is 0 Å². The van der Waals surface area contributed by atoms with Crippen molar-refractivity contribution < 1.29 is 4.42 Å². The normalized spacial score (nSPS) is 11.2. The van der Waals surface area contributed by atoms with Gasteiger partial charge in [-0.1, -0.05) is 0 Å². The van der Waals surface area contributed by atoms with Gasteiger partial charge in [-0.15, -0.1) is 10.2 Å². The van der Waals surface area contributed by atoms with Gasteiger partial charge in [0.2, 0.25) is 11.8 Å². The van der Waals surface area contributed by atoms with Gasteiger partial charge in [0.25, 0.3) is 0 Å². The first-order valence-corrected chi connectivity index (χ1v) is 10.4. The van der Waals surface area contributed by atoms with Crippen LogP contribution in [0.1, 0.15) is 22.8 Å². The van der Waals surface area contributed by atoms with Crippen LogP contribution in [-0.2, 0) is 0 Å². The summed E-state index contributed by atoms with van der Waals surface area (Å²) in [5.41, 5.74) is 8.88. The fourth-order valence-electron chi connectivity index (χ4n) is 4.11. The van der Waals surface area contributed by atoms with Crippen molar-refractivity contribution in [2.24, 2.45) is 0 Å². The Balaban J connectivity index is 1.40. The molecule has 2 aromatic carbocycles. The molecule has 0 unspecified atom stereocenters. The molecule has 0 saturated carbocycles. The molecule has 0 saturated heterocycles. The van der Waals surface area contributed by atoms with Crippen LogP contribution < -0.4 is 0 Å². The van der Waals surface area contributed by atoms with Crippen LogP contribution in [-0.4, -0.2) is 19.3 Å². The summed E-state index contributed by atoms with van der Waals surface area (Å²) < 4.78 is 10.4. The summed E-state index contributed by atoms with van der Waals surface area (Å²) in [5.74, 6) is 1.03. The molecule has 0 radical (unpaired) electrons. The van der Waals surface area contributed by atoms with Gasteiger partial charge in [-0.2, -0.15) is 0 Å². The van der Waals surface area contributed by atoms with Crippen molar-refractivity contribution in [2.75, 3.05) is 0 Å². The first kappa shape index (κ1) is 19.1. The molecule has 0 aliphatic heterocycles. The van der Waals surface area contributed by atoms with Crippen LogP contribution in [0.4, 0.5) is 0 Å². The van der Waals surface area contributed by atoms with Gasteiger partial charge < -0.3 is 13.6 Å². The molecule has 0 amide bonds. The minimum atomic E-state index is 0.517. The molecule has 3 heterocycles. The highest BCUT2D eigenvalue weighted by Gasteiger charge is 2.12. The predicted molar refractivity (Wildman–Crippen MR) is 123 cm³/mol. The van der Waals surface area contributed by atoms with E-state index in [0.29, 0.717) is 11.8 Å². The second-order valence-corrected chi connectivity index (χ2v) is 7.91. The predicted octanol–water partition coefficient (Wildman–Crippen LogP) is 6.22. The molecule has 5 heteroatoms. The van der Waals surface area contributed by atoms with Crippen molar-refractivity contribution in [1.29, 1.82) is 0 Å². The van der Waals surface area contributed by atoms with Crippen molar-refractivity contribution in [3.05, 3.63) is 95.6 Å². The quantitative estimate of drug-likeness (QED) is 0.355. The van der Waals surface area contributed by atoms with Gasteiger partial charge in [-0.25, -0.2) is 0 Å². The molecular formula is C26H24N4O. The molecule has 0 N–H and O–H groups in total. The van der Waals surface area contributed by atoms with Gasteiger partial charge in [0.1, 0.15) is 0 Å². The van der Waals surface area contributed by atoms with Crippen LogP contribution in [0.25, 0.3) is 34.3 Å². The van der Waals surface area contributed by atoms with Crippen LogP contribution in [0, 0.1) is 27.7 Å². The molecule has 0 spiro atoms. The van der Waals surface area contributed by atoms with Crippen molar-refractivity contribution in [3.8, 4) is 34.3 Å². The maximum absolute atomic E-state index is 5.98.